The predicted octanol–water partition coefficient (Wildman–Crippen LogP) is 5.65. The van der Waals surface area contributed by atoms with Crippen LogP contribution in [0.25, 0.3) is 23.0 Å². The van der Waals surface area contributed by atoms with Gasteiger partial charge in [0.25, 0.3) is 0 Å². The summed E-state index contributed by atoms with van der Waals surface area (Å²) in [4.78, 5) is 25.1. The van der Waals surface area contributed by atoms with E-state index in [1.165, 1.54) is 13.2 Å². The number of ketones is 1. The highest BCUT2D eigenvalue weighted by Gasteiger charge is 2.29. The van der Waals surface area contributed by atoms with Gasteiger partial charge in [0.1, 0.15) is 17.2 Å². The fourth-order valence-electron chi connectivity index (χ4n) is 4.15. The Kier molecular flexibility index (Phi) is 6.12. The first-order chi connectivity index (χ1) is 17.5. The maximum Gasteiger partial charge on any atom is 0.337 e. The maximum absolute atomic E-state index is 13.2. The van der Waals surface area contributed by atoms with Crippen LogP contribution in [-0.2, 0) is 4.74 Å². The fraction of sp³-hybridized carbons (Fsp3) is 0.138. The molecule has 7 heteroatoms. The lowest BCUT2D eigenvalue weighted by molar-refractivity contribution is 0.0600. The number of nitrogens with zero attached hydrogens (tertiary/aromatic N) is 2. The number of hydrogen-bond donors (Lipinski definition) is 0. The molecule has 0 bridgehead atoms. The molecule has 5 rings (SSSR count). The van der Waals surface area contributed by atoms with Gasteiger partial charge in [-0.1, -0.05) is 18.2 Å². The van der Waals surface area contributed by atoms with Crippen LogP contribution in [-0.4, -0.2) is 35.2 Å². The topological polar surface area (TPSA) is 79.7 Å². The molecule has 0 radical (unpaired) electrons. The van der Waals surface area contributed by atoms with Crippen molar-refractivity contribution in [1.29, 1.82) is 0 Å². The number of para-hydroxylation sites is 1. The van der Waals surface area contributed by atoms with Crippen LogP contribution in [0.5, 0.6) is 11.5 Å². The molecule has 1 aliphatic heterocycles. The van der Waals surface area contributed by atoms with Crippen molar-refractivity contribution in [2.75, 3.05) is 13.7 Å². The summed E-state index contributed by atoms with van der Waals surface area (Å²) < 4.78 is 18.1. The average molecular weight is 481 g/mol. The number of aromatic nitrogens is 2. The summed E-state index contributed by atoms with van der Waals surface area (Å²) >= 11 is 0. The van der Waals surface area contributed by atoms with E-state index in [2.05, 4.69) is 0 Å². The van der Waals surface area contributed by atoms with Gasteiger partial charge in [-0.15, -0.1) is 0 Å². The number of carbonyl (C=O) groups is 2. The minimum absolute atomic E-state index is 0.157. The monoisotopic (exact) mass is 480 g/mol. The van der Waals surface area contributed by atoms with Crippen LogP contribution in [0.1, 0.15) is 38.8 Å². The molecule has 0 fully saturated rings. The Morgan fingerprint density at radius 2 is 1.86 bits per heavy atom. The molecule has 36 heavy (non-hydrogen) atoms. The van der Waals surface area contributed by atoms with Crippen molar-refractivity contribution in [3.05, 3.63) is 101 Å². The smallest absolute Gasteiger partial charge is 0.337 e. The second-order valence-corrected chi connectivity index (χ2v) is 8.27. The van der Waals surface area contributed by atoms with Gasteiger partial charge in [-0.25, -0.2) is 9.48 Å². The van der Waals surface area contributed by atoms with Crippen LogP contribution in [0.15, 0.2) is 78.7 Å². The Labute approximate surface area is 208 Å². The number of fused-ring (bicyclic) bond motifs is 1. The van der Waals surface area contributed by atoms with Gasteiger partial charge in [-0.2, -0.15) is 5.10 Å². The van der Waals surface area contributed by atoms with Crippen LogP contribution >= 0.6 is 0 Å². The van der Waals surface area contributed by atoms with E-state index in [0.29, 0.717) is 23.6 Å². The standard InChI is InChI=1S/C29H24N2O5/c1-4-35-22-11-12-23(18(2)14-22)27-20(17-31(30-27)21-8-6-5-7-9-21)16-26-28(32)24-15-19(29(33)34-3)10-13-25(24)36-26/h5-17H,4H2,1-3H3/b26-16-. The van der Waals surface area contributed by atoms with E-state index in [9.17, 15) is 9.59 Å². The van der Waals surface area contributed by atoms with E-state index >= 15 is 0 Å². The van der Waals surface area contributed by atoms with Crippen molar-refractivity contribution in [3.63, 3.8) is 0 Å². The van der Waals surface area contributed by atoms with Crippen molar-refractivity contribution in [3.8, 4) is 28.4 Å². The molecule has 0 atom stereocenters. The summed E-state index contributed by atoms with van der Waals surface area (Å²) in [5.74, 6) is 0.517. The van der Waals surface area contributed by atoms with Crippen molar-refractivity contribution in [2.45, 2.75) is 13.8 Å². The predicted molar refractivity (Wildman–Crippen MR) is 136 cm³/mol. The maximum atomic E-state index is 13.2. The molecule has 0 aliphatic carbocycles. The van der Waals surface area contributed by atoms with Crippen LogP contribution < -0.4 is 9.47 Å². The largest absolute Gasteiger partial charge is 0.494 e. The zero-order valence-corrected chi connectivity index (χ0v) is 20.1. The van der Waals surface area contributed by atoms with E-state index in [4.69, 9.17) is 19.3 Å². The third-order valence-corrected chi connectivity index (χ3v) is 5.90. The number of carbonyl (C=O) groups excluding carboxylic acids is 2. The first kappa shape index (κ1) is 23.1. The number of hydrogen-bond acceptors (Lipinski definition) is 6. The van der Waals surface area contributed by atoms with E-state index in [1.54, 1.807) is 22.9 Å². The first-order valence-electron chi connectivity index (χ1n) is 11.5. The lowest BCUT2D eigenvalue weighted by Gasteiger charge is -2.08. The molecule has 7 nitrogen and oxygen atoms in total. The Balaban J connectivity index is 1.59. The minimum atomic E-state index is -0.513. The van der Waals surface area contributed by atoms with Crippen LogP contribution in [0, 0.1) is 6.92 Å². The highest BCUT2D eigenvalue weighted by molar-refractivity contribution is 6.15. The van der Waals surface area contributed by atoms with E-state index in [1.807, 2.05) is 68.6 Å². The van der Waals surface area contributed by atoms with Gasteiger partial charge >= 0.3 is 5.97 Å². The van der Waals surface area contributed by atoms with Crippen molar-refractivity contribution >= 4 is 17.8 Å². The summed E-state index contributed by atoms with van der Waals surface area (Å²) in [5.41, 5.74) is 4.82. The third-order valence-electron chi connectivity index (χ3n) is 5.90. The Hall–Kier alpha value is -4.65. The molecule has 0 amide bonds. The molecular formula is C29H24N2O5. The summed E-state index contributed by atoms with van der Waals surface area (Å²) in [6, 6.07) is 20.3. The van der Waals surface area contributed by atoms with Crippen LogP contribution in [0.3, 0.4) is 0 Å². The van der Waals surface area contributed by atoms with Gasteiger partial charge < -0.3 is 14.2 Å². The molecule has 1 aliphatic rings. The number of ether oxygens (including phenoxy) is 3. The minimum Gasteiger partial charge on any atom is -0.494 e. The van der Waals surface area contributed by atoms with Gasteiger partial charge in [0.15, 0.2) is 5.76 Å². The van der Waals surface area contributed by atoms with E-state index < -0.39 is 5.97 Å². The molecule has 1 aromatic heterocycles. The van der Waals surface area contributed by atoms with Gasteiger partial charge in [0.05, 0.1) is 30.5 Å². The highest BCUT2D eigenvalue weighted by atomic mass is 16.5. The molecule has 2 heterocycles. The van der Waals surface area contributed by atoms with Gasteiger partial charge in [0.2, 0.25) is 5.78 Å². The van der Waals surface area contributed by atoms with Gasteiger partial charge in [0, 0.05) is 17.3 Å². The van der Waals surface area contributed by atoms with Crippen molar-refractivity contribution < 1.29 is 23.8 Å². The average Bonchev–Trinajstić information content (AvgIpc) is 3.45. The fourth-order valence-corrected chi connectivity index (χ4v) is 4.15. The molecule has 3 aromatic carbocycles. The second-order valence-electron chi connectivity index (χ2n) is 8.27. The number of rotatable bonds is 6. The summed E-state index contributed by atoms with van der Waals surface area (Å²) in [5, 5.41) is 4.86. The Bertz CT molecular complexity index is 1500. The van der Waals surface area contributed by atoms with Crippen LogP contribution in [0.4, 0.5) is 0 Å². The summed E-state index contributed by atoms with van der Waals surface area (Å²) in [7, 11) is 1.30. The highest BCUT2D eigenvalue weighted by Crippen LogP contribution is 2.35. The SMILES string of the molecule is CCOc1ccc(-c2nn(-c3ccccc3)cc2/C=C2\Oc3ccc(C(=O)OC)cc3C2=O)c(C)c1. The number of benzene rings is 3. The Morgan fingerprint density at radius 1 is 1.06 bits per heavy atom. The first-order valence-corrected chi connectivity index (χ1v) is 11.5. The lowest BCUT2D eigenvalue weighted by atomic mass is 10.0. The zero-order chi connectivity index (χ0) is 25.2. The number of Topliss-reactive ketones (excluding diaryl/α,β-unsaturated/α-hetero) is 1. The molecule has 0 unspecified atom stereocenters. The lowest BCUT2D eigenvalue weighted by Crippen LogP contribution is -2.03. The Morgan fingerprint density at radius 3 is 2.58 bits per heavy atom. The number of aryl methyl sites for hydroxylation is 1. The van der Waals surface area contributed by atoms with Gasteiger partial charge in [-0.05, 0) is 74.0 Å². The number of allylic oxidation sites excluding steroid dienone is 1. The molecule has 0 spiro atoms. The van der Waals surface area contributed by atoms with Crippen molar-refractivity contribution in [1.82, 2.24) is 9.78 Å². The van der Waals surface area contributed by atoms with E-state index in [0.717, 1.165) is 28.1 Å². The van der Waals surface area contributed by atoms with Crippen LogP contribution in [0.2, 0.25) is 0 Å². The normalized spacial score (nSPS) is 13.4. The molecule has 0 saturated heterocycles. The van der Waals surface area contributed by atoms with E-state index in [-0.39, 0.29) is 17.1 Å². The molecule has 180 valence electrons. The van der Waals surface area contributed by atoms with Gasteiger partial charge in [-0.3, -0.25) is 4.79 Å². The molecular weight excluding hydrogens is 456 g/mol. The molecule has 0 N–H and O–H groups in total. The second kappa shape index (κ2) is 9.54. The zero-order valence-electron chi connectivity index (χ0n) is 20.1. The quantitative estimate of drug-likeness (QED) is 0.262. The number of methoxy groups -OCH3 is 1. The van der Waals surface area contributed by atoms with Crippen molar-refractivity contribution in [2.24, 2.45) is 0 Å². The molecule has 0 saturated carbocycles. The summed E-state index contributed by atoms with van der Waals surface area (Å²) in [6.45, 7) is 4.52. The summed E-state index contributed by atoms with van der Waals surface area (Å²) in [6.07, 6.45) is 3.56. The molecule has 4 aromatic rings. The third kappa shape index (κ3) is 4.27. The number of esters is 1.